The summed E-state index contributed by atoms with van der Waals surface area (Å²) in [7, 11) is 0. The van der Waals surface area contributed by atoms with Gasteiger partial charge in [0.1, 0.15) is 11.2 Å². The zero-order valence-electron chi connectivity index (χ0n) is 29.1. The summed E-state index contributed by atoms with van der Waals surface area (Å²) < 4.78 is 0. The Morgan fingerprint density at radius 2 is 0.698 bits per heavy atom. The van der Waals surface area contributed by atoms with Crippen molar-refractivity contribution in [3.8, 4) is 0 Å². The van der Waals surface area contributed by atoms with Crippen molar-refractivity contribution in [2.24, 2.45) is 10.8 Å². The van der Waals surface area contributed by atoms with Crippen molar-refractivity contribution >= 4 is 17.7 Å². The number of aliphatic carboxylic acids is 2. The lowest BCUT2D eigenvalue weighted by Crippen LogP contribution is -2.39. The third-order valence-corrected chi connectivity index (χ3v) is 9.89. The van der Waals surface area contributed by atoms with Gasteiger partial charge in [0.15, 0.2) is 0 Å². The van der Waals surface area contributed by atoms with Crippen LogP contribution in [0.25, 0.3) is 0 Å². The Morgan fingerprint density at radius 1 is 0.395 bits per heavy atom. The van der Waals surface area contributed by atoms with Gasteiger partial charge in [-0.25, -0.2) is 0 Å². The molecule has 43 heavy (non-hydrogen) atoms. The fourth-order valence-corrected chi connectivity index (χ4v) is 6.79. The van der Waals surface area contributed by atoms with Gasteiger partial charge >= 0.3 is 11.9 Å². The Hall–Kier alpha value is -1.39. The van der Waals surface area contributed by atoms with Gasteiger partial charge in [-0.3, -0.25) is 14.4 Å². The molecule has 0 rings (SSSR count). The van der Waals surface area contributed by atoms with Crippen LogP contribution in [0.5, 0.6) is 0 Å². The summed E-state index contributed by atoms with van der Waals surface area (Å²) >= 11 is 0. The van der Waals surface area contributed by atoms with Gasteiger partial charge in [-0.1, -0.05) is 169 Å². The predicted octanol–water partition coefficient (Wildman–Crippen LogP) is 12.1. The Morgan fingerprint density at radius 3 is 1.05 bits per heavy atom. The first-order valence-electron chi connectivity index (χ1n) is 18.8. The van der Waals surface area contributed by atoms with E-state index in [-0.39, 0.29) is 5.78 Å². The lowest BCUT2D eigenvalue weighted by molar-refractivity contribution is -0.156. The molecule has 5 nitrogen and oxygen atoms in total. The molecule has 2 atom stereocenters. The van der Waals surface area contributed by atoms with Crippen molar-refractivity contribution < 1.29 is 24.6 Å². The van der Waals surface area contributed by atoms with Gasteiger partial charge in [0, 0.05) is 6.42 Å². The molecule has 0 fully saturated rings. The highest BCUT2D eigenvalue weighted by atomic mass is 16.4. The van der Waals surface area contributed by atoms with Crippen molar-refractivity contribution in [2.45, 2.75) is 214 Å². The van der Waals surface area contributed by atoms with E-state index in [4.69, 9.17) is 0 Å². The summed E-state index contributed by atoms with van der Waals surface area (Å²) in [5, 5.41) is 20.7. The molecule has 0 aliphatic heterocycles. The number of unbranched alkanes of at least 4 members (excludes halogenated alkanes) is 18. The van der Waals surface area contributed by atoms with Crippen molar-refractivity contribution in [2.75, 3.05) is 0 Å². The van der Waals surface area contributed by atoms with Crippen LogP contribution < -0.4 is 0 Å². The van der Waals surface area contributed by atoms with Crippen LogP contribution in [-0.4, -0.2) is 27.9 Å². The lowest BCUT2D eigenvalue weighted by atomic mass is 9.72. The molecule has 0 amide bonds. The highest BCUT2D eigenvalue weighted by Gasteiger charge is 2.44. The van der Waals surface area contributed by atoms with E-state index in [0.717, 1.165) is 109 Å². The monoisotopic (exact) mass is 609 g/mol. The Bertz CT molecular complexity index is 704. The molecule has 5 heteroatoms. The molecule has 2 N–H and O–H groups in total. The third kappa shape index (κ3) is 18.2. The minimum absolute atomic E-state index is 0.0961. The van der Waals surface area contributed by atoms with Gasteiger partial charge in [0.05, 0.1) is 5.41 Å². The zero-order valence-corrected chi connectivity index (χ0v) is 29.1. The third-order valence-electron chi connectivity index (χ3n) is 9.89. The molecule has 0 saturated carbocycles. The molecule has 0 radical (unpaired) electrons. The van der Waals surface area contributed by atoms with Crippen molar-refractivity contribution in [3.05, 3.63) is 0 Å². The summed E-state index contributed by atoms with van der Waals surface area (Å²) in [6.07, 6.45) is 27.3. The van der Waals surface area contributed by atoms with E-state index in [9.17, 15) is 24.6 Å². The second kappa shape index (κ2) is 27.0. The normalized spacial score (nSPS) is 14.3. The van der Waals surface area contributed by atoms with Crippen LogP contribution in [-0.2, 0) is 14.4 Å². The second-order valence-corrected chi connectivity index (χ2v) is 13.6. The smallest absolute Gasteiger partial charge is 0.317 e. The quantitative estimate of drug-likeness (QED) is 0.0571. The standard InChI is InChI=1S/C38H72O5/c1-5-9-13-17-19-24-30-37(35(40)41,29-23-15-11-7-3)31-25-21-22-28-34(39)38(36(42)43,32-26-16-12-8-4)33-27-20-18-14-10-6-2/h5-33H2,1-4H3,(H,40,41)(H,42,43). The SMILES string of the molecule is CCCCCCCCC(CCCCCC)(CCCCCC(=O)C(CCCCCC)(CCCCCCCC)C(=O)O)C(=O)O. The number of ketones is 1. The number of carboxylic acid groups (broad SMARTS) is 2. The molecule has 254 valence electrons. The number of hydrogen-bond donors (Lipinski definition) is 2. The molecule has 0 aliphatic carbocycles. The maximum Gasteiger partial charge on any atom is 0.317 e. The van der Waals surface area contributed by atoms with Crippen LogP contribution in [0.1, 0.15) is 214 Å². The molecule has 0 saturated heterocycles. The Balaban J connectivity index is 5.19. The summed E-state index contributed by atoms with van der Waals surface area (Å²) in [4.78, 5) is 38.9. The molecular formula is C38H72O5. The molecule has 0 aromatic heterocycles. The van der Waals surface area contributed by atoms with Gasteiger partial charge in [-0.2, -0.15) is 0 Å². The second-order valence-electron chi connectivity index (χ2n) is 13.6. The van der Waals surface area contributed by atoms with Gasteiger partial charge < -0.3 is 10.2 Å². The first-order valence-corrected chi connectivity index (χ1v) is 18.8. The van der Waals surface area contributed by atoms with E-state index in [1.807, 2.05) is 0 Å². The van der Waals surface area contributed by atoms with Crippen LogP contribution in [0.3, 0.4) is 0 Å². The summed E-state index contributed by atoms with van der Waals surface area (Å²) in [6.45, 7) is 8.73. The fourth-order valence-electron chi connectivity index (χ4n) is 6.79. The molecule has 0 bridgehead atoms. The predicted molar refractivity (Wildman–Crippen MR) is 182 cm³/mol. The molecule has 0 spiro atoms. The molecular weight excluding hydrogens is 536 g/mol. The summed E-state index contributed by atoms with van der Waals surface area (Å²) in [5.41, 5.74) is -1.91. The van der Waals surface area contributed by atoms with Crippen LogP contribution in [0, 0.1) is 10.8 Å². The van der Waals surface area contributed by atoms with Crippen LogP contribution >= 0.6 is 0 Å². The van der Waals surface area contributed by atoms with Crippen LogP contribution in [0.2, 0.25) is 0 Å². The first-order chi connectivity index (χ1) is 20.8. The van der Waals surface area contributed by atoms with Gasteiger partial charge in [-0.05, 0) is 38.5 Å². The highest BCUT2D eigenvalue weighted by Crippen LogP contribution is 2.39. The zero-order chi connectivity index (χ0) is 32.2. The summed E-state index contributed by atoms with van der Waals surface area (Å²) in [5.74, 6) is -1.68. The average molecular weight is 609 g/mol. The maximum atomic E-state index is 13.6. The molecule has 2 unspecified atom stereocenters. The topological polar surface area (TPSA) is 91.7 Å². The number of hydrogen-bond acceptors (Lipinski definition) is 3. The Labute approximate surface area is 266 Å². The van der Waals surface area contributed by atoms with Gasteiger partial charge in [0.2, 0.25) is 0 Å². The van der Waals surface area contributed by atoms with E-state index >= 15 is 0 Å². The molecule has 0 aromatic rings. The van der Waals surface area contributed by atoms with Crippen LogP contribution in [0.4, 0.5) is 0 Å². The number of carboxylic acids is 2. The Kier molecular flexibility index (Phi) is 26.1. The largest absolute Gasteiger partial charge is 0.481 e. The van der Waals surface area contributed by atoms with Gasteiger partial charge in [-0.15, -0.1) is 0 Å². The molecule has 0 aromatic carbocycles. The van der Waals surface area contributed by atoms with Gasteiger partial charge in [0.25, 0.3) is 0 Å². The first kappa shape index (κ1) is 41.6. The average Bonchev–Trinajstić information content (AvgIpc) is 2.98. The van der Waals surface area contributed by atoms with E-state index in [1.54, 1.807) is 0 Å². The lowest BCUT2D eigenvalue weighted by Gasteiger charge is -2.30. The number of Topliss-reactive ketones (excluding diaryl/α,β-unsaturated/α-hetero) is 1. The number of rotatable bonds is 33. The van der Waals surface area contributed by atoms with Crippen LogP contribution in [0.15, 0.2) is 0 Å². The van der Waals surface area contributed by atoms with E-state index in [0.29, 0.717) is 32.1 Å². The highest BCUT2D eigenvalue weighted by molar-refractivity contribution is 6.03. The van der Waals surface area contributed by atoms with Crippen molar-refractivity contribution in [1.82, 2.24) is 0 Å². The van der Waals surface area contributed by atoms with E-state index in [1.165, 1.54) is 44.9 Å². The number of carbonyl (C=O) groups excluding carboxylic acids is 1. The molecule has 0 heterocycles. The fraction of sp³-hybridized carbons (Fsp3) is 0.921. The van der Waals surface area contributed by atoms with E-state index in [2.05, 4.69) is 27.7 Å². The minimum atomic E-state index is -1.25. The number of carbonyl (C=O) groups is 3. The molecule has 0 aliphatic rings. The van der Waals surface area contributed by atoms with Crippen molar-refractivity contribution in [1.29, 1.82) is 0 Å². The van der Waals surface area contributed by atoms with Crippen molar-refractivity contribution in [3.63, 3.8) is 0 Å². The minimum Gasteiger partial charge on any atom is -0.481 e. The maximum absolute atomic E-state index is 13.6. The summed E-state index contributed by atoms with van der Waals surface area (Å²) in [6, 6.07) is 0. The van der Waals surface area contributed by atoms with E-state index < -0.39 is 22.8 Å².